The van der Waals surface area contributed by atoms with Crippen LogP contribution in [0.4, 0.5) is 11.6 Å². The monoisotopic (exact) mass is 303 g/mol. The number of pyridine rings is 1. The molecule has 1 saturated heterocycles. The second-order valence-corrected chi connectivity index (χ2v) is 5.25. The maximum absolute atomic E-state index is 11.1. The SMILES string of the molecule is NNc1nc(N2CCC(C(N)=O)CC2)c(Cl)cc1Cl. The number of anilines is 2. The van der Waals surface area contributed by atoms with E-state index in [4.69, 9.17) is 34.8 Å². The van der Waals surface area contributed by atoms with Crippen molar-refractivity contribution in [2.45, 2.75) is 12.8 Å². The lowest BCUT2D eigenvalue weighted by molar-refractivity contribution is -0.122. The predicted octanol–water partition coefficient (Wildman–Crippen LogP) is 1.38. The first kappa shape index (κ1) is 14.2. The zero-order chi connectivity index (χ0) is 14.0. The number of hydrazine groups is 1. The number of primary amides is 1. The van der Waals surface area contributed by atoms with Crippen molar-refractivity contribution in [1.82, 2.24) is 4.98 Å². The van der Waals surface area contributed by atoms with Gasteiger partial charge in [0, 0.05) is 19.0 Å². The number of amides is 1. The van der Waals surface area contributed by atoms with Crippen LogP contribution in [0.3, 0.4) is 0 Å². The minimum atomic E-state index is -0.251. The summed E-state index contributed by atoms with van der Waals surface area (Å²) in [5.41, 5.74) is 7.73. The second kappa shape index (κ2) is 5.81. The number of carbonyl (C=O) groups is 1. The molecule has 1 aliphatic rings. The molecule has 0 spiro atoms. The molecular formula is C11H15Cl2N5O. The Morgan fingerprint density at radius 3 is 2.53 bits per heavy atom. The highest BCUT2D eigenvalue weighted by atomic mass is 35.5. The average Bonchev–Trinajstić information content (AvgIpc) is 2.39. The molecule has 2 heterocycles. The molecule has 2 rings (SSSR count). The molecule has 1 aromatic heterocycles. The Hall–Kier alpha value is -1.24. The van der Waals surface area contributed by atoms with Crippen molar-refractivity contribution >= 4 is 40.7 Å². The van der Waals surface area contributed by atoms with Gasteiger partial charge in [0.05, 0.1) is 10.0 Å². The Morgan fingerprint density at radius 2 is 2.00 bits per heavy atom. The molecule has 0 unspecified atom stereocenters. The number of nitrogens with two attached hydrogens (primary N) is 2. The van der Waals surface area contributed by atoms with E-state index in [2.05, 4.69) is 10.4 Å². The van der Waals surface area contributed by atoms with E-state index in [-0.39, 0.29) is 11.8 Å². The van der Waals surface area contributed by atoms with Crippen LogP contribution in [0.25, 0.3) is 0 Å². The standard InChI is InChI=1S/C11H15Cl2N5O/c12-7-5-8(13)11(16-10(7)17-15)18-3-1-6(2-4-18)9(14)19/h5-6H,1-4,15H2,(H2,14,19)(H,16,17). The molecule has 1 aliphatic heterocycles. The first-order chi connectivity index (χ1) is 9.02. The molecule has 1 amide bonds. The molecular weight excluding hydrogens is 289 g/mol. The lowest BCUT2D eigenvalue weighted by atomic mass is 9.96. The molecule has 0 bridgehead atoms. The summed E-state index contributed by atoms with van der Waals surface area (Å²) >= 11 is 12.1. The van der Waals surface area contributed by atoms with Crippen LogP contribution in [-0.2, 0) is 4.79 Å². The highest BCUT2D eigenvalue weighted by molar-refractivity contribution is 6.37. The molecule has 104 valence electrons. The molecule has 0 atom stereocenters. The van der Waals surface area contributed by atoms with Gasteiger partial charge in [0.15, 0.2) is 5.82 Å². The van der Waals surface area contributed by atoms with E-state index in [1.54, 1.807) is 6.07 Å². The molecule has 0 radical (unpaired) electrons. The van der Waals surface area contributed by atoms with Crippen LogP contribution in [0.2, 0.25) is 10.0 Å². The number of nitrogens with one attached hydrogen (secondary N) is 1. The Bertz CT molecular complexity index is 488. The number of nitrogens with zero attached hydrogens (tertiary/aromatic N) is 2. The van der Waals surface area contributed by atoms with Crippen molar-refractivity contribution in [2.24, 2.45) is 17.5 Å². The number of hydrogen-bond donors (Lipinski definition) is 3. The summed E-state index contributed by atoms with van der Waals surface area (Å²) in [5, 5.41) is 0.824. The summed E-state index contributed by atoms with van der Waals surface area (Å²) in [4.78, 5) is 17.4. The van der Waals surface area contributed by atoms with Crippen LogP contribution in [0.15, 0.2) is 6.07 Å². The average molecular weight is 304 g/mol. The molecule has 8 heteroatoms. The molecule has 6 nitrogen and oxygen atoms in total. The number of hydrogen-bond acceptors (Lipinski definition) is 5. The number of halogens is 2. The van der Waals surface area contributed by atoms with Gasteiger partial charge in [-0.1, -0.05) is 23.2 Å². The molecule has 0 saturated carbocycles. The van der Waals surface area contributed by atoms with Gasteiger partial charge in [0.2, 0.25) is 5.91 Å². The summed E-state index contributed by atoms with van der Waals surface area (Å²) < 4.78 is 0. The van der Waals surface area contributed by atoms with E-state index in [0.29, 0.717) is 47.6 Å². The van der Waals surface area contributed by atoms with E-state index < -0.39 is 0 Å². The summed E-state index contributed by atoms with van der Waals surface area (Å²) in [5.74, 6) is 6.00. The zero-order valence-corrected chi connectivity index (χ0v) is 11.7. The first-order valence-corrected chi connectivity index (χ1v) is 6.65. The van der Waals surface area contributed by atoms with E-state index in [9.17, 15) is 4.79 Å². The van der Waals surface area contributed by atoms with Crippen molar-refractivity contribution < 1.29 is 4.79 Å². The number of aromatic nitrogens is 1. The van der Waals surface area contributed by atoms with Gasteiger partial charge >= 0.3 is 0 Å². The Labute approximate surface area is 121 Å². The molecule has 19 heavy (non-hydrogen) atoms. The molecule has 0 aromatic carbocycles. The second-order valence-electron chi connectivity index (χ2n) is 4.43. The van der Waals surface area contributed by atoms with Gasteiger partial charge in [-0.15, -0.1) is 0 Å². The largest absolute Gasteiger partial charge is 0.369 e. The topological polar surface area (TPSA) is 97.3 Å². The summed E-state index contributed by atoms with van der Waals surface area (Å²) in [6.07, 6.45) is 1.39. The zero-order valence-electron chi connectivity index (χ0n) is 10.2. The number of piperidine rings is 1. The predicted molar refractivity (Wildman–Crippen MR) is 76.2 cm³/mol. The minimum absolute atomic E-state index is 0.0746. The van der Waals surface area contributed by atoms with Gasteiger partial charge in [-0.2, -0.15) is 0 Å². The van der Waals surface area contributed by atoms with Crippen molar-refractivity contribution in [3.63, 3.8) is 0 Å². The van der Waals surface area contributed by atoms with E-state index in [0.717, 1.165) is 0 Å². The quantitative estimate of drug-likeness (QED) is 0.579. The van der Waals surface area contributed by atoms with Crippen molar-refractivity contribution in [3.8, 4) is 0 Å². The van der Waals surface area contributed by atoms with Crippen LogP contribution in [0, 0.1) is 5.92 Å². The lowest BCUT2D eigenvalue weighted by Crippen LogP contribution is -2.39. The van der Waals surface area contributed by atoms with Crippen LogP contribution in [0.1, 0.15) is 12.8 Å². The molecule has 5 N–H and O–H groups in total. The maximum atomic E-state index is 11.1. The van der Waals surface area contributed by atoms with Crippen molar-refractivity contribution in [1.29, 1.82) is 0 Å². The van der Waals surface area contributed by atoms with Crippen LogP contribution in [-0.4, -0.2) is 24.0 Å². The fourth-order valence-corrected chi connectivity index (χ4v) is 2.69. The third kappa shape index (κ3) is 3.02. The van der Waals surface area contributed by atoms with Gasteiger partial charge in [0.25, 0.3) is 0 Å². The van der Waals surface area contributed by atoms with Crippen LogP contribution < -0.4 is 21.9 Å². The smallest absolute Gasteiger partial charge is 0.220 e. The number of carbonyl (C=O) groups excluding carboxylic acids is 1. The van der Waals surface area contributed by atoms with E-state index in [1.807, 2.05) is 4.90 Å². The summed E-state index contributed by atoms with van der Waals surface area (Å²) in [7, 11) is 0. The van der Waals surface area contributed by atoms with Gasteiger partial charge in [0.1, 0.15) is 5.82 Å². The van der Waals surface area contributed by atoms with Gasteiger partial charge in [-0.05, 0) is 18.9 Å². The number of nitrogen functional groups attached to an aromatic ring is 1. The molecule has 1 fully saturated rings. The van der Waals surface area contributed by atoms with E-state index >= 15 is 0 Å². The fourth-order valence-electron chi connectivity index (χ4n) is 2.16. The molecule has 1 aromatic rings. The Kier molecular flexibility index (Phi) is 4.34. The van der Waals surface area contributed by atoms with Gasteiger partial charge < -0.3 is 16.1 Å². The normalized spacial score (nSPS) is 16.5. The Morgan fingerprint density at radius 1 is 1.37 bits per heavy atom. The first-order valence-electron chi connectivity index (χ1n) is 5.90. The van der Waals surface area contributed by atoms with Crippen molar-refractivity contribution in [2.75, 3.05) is 23.4 Å². The lowest BCUT2D eigenvalue weighted by Gasteiger charge is -2.32. The highest BCUT2D eigenvalue weighted by Crippen LogP contribution is 2.33. The van der Waals surface area contributed by atoms with Crippen LogP contribution in [0.5, 0.6) is 0 Å². The minimum Gasteiger partial charge on any atom is -0.369 e. The van der Waals surface area contributed by atoms with Crippen LogP contribution >= 0.6 is 23.2 Å². The molecule has 0 aliphatic carbocycles. The van der Waals surface area contributed by atoms with E-state index in [1.165, 1.54) is 0 Å². The fraction of sp³-hybridized carbons (Fsp3) is 0.455. The van der Waals surface area contributed by atoms with Crippen molar-refractivity contribution in [3.05, 3.63) is 16.1 Å². The third-order valence-electron chi connectivity index (χ3n) is 3.24. The summed E-state index contributed by atoms with van der Waals surface area (Å²) in [6, 6.07) is 1.60. The summed E-state index contributed by atoms with van der Waals surface area (Å²) in [6.45, 7) is 1.35. The maximum Gasteiger partial charge on any atom is 0.220 e. The Balaban J connectivity index is 2.17. The highest BCUT2D eigenvalue weighted by Gasteiger charge is 2.25. The van der Waals surface area contributed by atoms with Gasteiger partial charge in [-0.3, -0.25) is 4.79 Å². The number of rotatable bonds is 3. The van der Waals surface area contributed by atoms with Gasteiger partial charge in [-0.25, -0.2) is 10.8 Å². The third-order valence-corrected chi connectivity index (χ3v) is 3.81.